The number of fused-ring (bicyclic) bond motifs is 1. The Morgan fingerprint density at radius 2 is 2.00 bits per heavy atom. The summed E-state index contributed by atoms with van der Waals surface area (Å²) in [5, 5.41) is 9.19. The summed E-state index contributed by atoms with van der Waals surface area (Å²) in [5.74, 6) is -1.86. The number of nitrogens with zero attached hydrogens (tertiary/aromatic N) is 1. The molecule has 1 amide bonds. The molecule has 96 valence electrons. The van der Waals surface area contributed by atoms with E-state index in [1.54, 1.807) is 38.1 Å². The van der Waals surface area contributed by atoms with Crippen LogP contribution in [0.3, 0.4) is 0 Å². The lowest BCUT2D eigenvalue weighted by atomic mass is 10.0. The lowest BCUT2D eigenvalue weighted by Gasteiger charge is -2.26. The molecule has 1 atom stereocenters. The van der Waals surface area contributed by atoms with Crippen molar-refractivity contribution in [1.29, 1.82) is 0 Å². The Morgan fingerprint density at radius 3 is 2.56 bits per heavy atom. The first kappa shape index (κ1) is 12.6. The predicted octanol–water partition coefficient (Wildman–Crippen LogP) is 0.939. The molecule has 0 radical (unpaired) electrons. The maximum absolute atomic E-state index is 12.2. The average Bonchev–Trinajstić information content (AvgIpc) is 2.66. The molecule has 1 unspecified atom stereocenters. The Hall–Kier alpha value is -1.88. The number of nitrogens with two attached hydrogens (primary N) is 1. The molecule has 0 saturated heterocycles. The van der Waals surface area contributed by atoms with Crippen molar-refractivity contribution < 1.29 is 14.7 Å². The van der Waals surface area contributed by atoms with Crippen molar-refractivity contribution in [2.75, 3.05) is 11.4 Å². The number of carbonyl (C=O) groups excluding carboxylic acids is 1. The number of amides is 1. The van der Waals surface area contributed by atoms with Gasteiger partial charge in [0.15, 0.2) is 0 Å². The molecule has 3 N–H and O–H groups in total. The number of carbonyl (C=O) groups is 2. The lowest BCUT2D eigenvalue weighted by Crippen LogP contribution is -2.51. The van der Waals surface area contributed by atoms with Crippen LogP contribution in [0, 0.1) is 0 Å². The summed E-state index contributed by atoms with van der Waals surface area (Å²) in [4.78, 5) is 24.9. The summed E-state index contributed by atoms with van der Waals surface area (Å²) < 4.78 is 0. The van der Waals surface area contributed by atoms with Gasteiger partial charge in [0.25, 0.3) is 0 Å². The van der Waals surface area contributed by atoms with E-state index in [1.807, 2.05) is 0 Å². The molecule has 0 aromatic heterocycles. The van der Waals surface area contributed by atoms with Gasteiger partial charge < -0.3 is 15.7 Å². The van der Waals surface area contributed by atoms with Crippen LogP contribution in [0.1, 0.15) is 25.3 Å². The van der Waals surface area contributed by atoms with E-state index >= 15 is 0 Å². The number of hydrogen-bond donors (Lipinski definition) is 2. The van der Waals surface area contributed by atoms with Crippen LogP contribution < -0.4 is 10.6 Å². The van der Waals surface area contributed by atoms with Crippen molar-refractivity contribution >= 4 is 17.6 Å². The third kappa shape index (κ3) is 1.97. The molecule has 5 heteroatoms. The number of hydrogen-bond acceptors (Lipinski definition) is 3. The topological polar surface area (TPSA) is 83.6 Å². The van der Waals surface area contributed by atoms with Gasteiger partial charge in [-0.05, 0) is 25.5 Å². The molecule has 0 saturated carbocycles. The van der Waals surface area contributed by atoms with Crippen LogP contribution in [0.2, 0.25) is 0 Å². The SMILES string of the molecule is CC(C)(N)C(=O)N1CC(C(=O)O)c2ccccc21. The van der Waals surface area contributed by atoms with Crippen LogP contribution in [0.25, 0.3) is 0 Å². The zero-order valence-electron chi connectivity index (χ0n) is 10.4. The van der Waals surface area contributed by atoms with E-state index in [9.17, 15) is 14.7 Å². The van der Waals surface area contributed by atoms with Gasteiger partial charge in [0.05, 0.1) is 5.54 Å². The number of benzene rings is 1. The van der Waals surface area contributed by atoms with Crippen LogP contribution in [0.5, 0.6) is 0 Å². The second-order valence-electron chi connectivity index (χ2n) is 5.09. The van der Waals surface area contributed by atoms with Crippen LogP contribution in [-0.4, -0.2) is 29.1 Å². The Bertz CT molecular complexity index is 505. The fourth-order valence-corrected chi connectivity index (χ4v) is 2.16. The Labute approximate surface area is 105 Å². The molecule has 0 bridgehead atoms. The summed E-state index contributed by atoms with van der Waals surface area (Å²) in [6, 6.07) is 7.05. The summed E-state index contributed by atoms with van der Waals surface area (Å²) in [7, 11) is 0. The van der Waals surface area contributed by atoms with Gasteiger partial charge >= 0.3 is 5.97 Å². The van der Waals surface area contributed by atoms with E-state index < -0.39 is 17.4 Å². The molecule has 1 aliphatic rings. The van der Waals surface area contributed by atoms with Gasteiger partial charge in [-0.1, -0.05) is 18.2 Å². The van der Waals surface area contributed by atoms with E-state index in [4.69, 9.17) is 5.73 Å². The van der Waals surface area contributed by atoms with E-state index in [0.29, 0.717) is 11.3 Å². The van der Waals surface area contributed by atoms with Crippen molar-refractivity contribution in [3.05, 3.63) is 29.8 Å². The number of carboxylic acids is 1. The number of carboxylic acid groups (broad SMARTS) is 1. The minimum atomic E-state index is -1.01. The van der Waals surface area contributed by atoms with Gasteiger partial charge in [-0.2, -0.15) is 0 Å². The highest BCUT2D eigenvalue weighted by Crippen LogP contribution is 2.37. The molecular weight excluding hydrogens is 232 g/mol. The maximum atomic E-state index is 12.2. The van der Waals surface area contributed by atoms with Crippen molar-refractivity contribution in [2.45, 2.75) is 25.3 Å². The number of anilines is 1. The minimum Gasteiger partial charge on any atom is -0.481 e. The second kappa shape index (κ2) is 4.10. The highest BCUT2D eigenvalue weighted by Gasteiger charge is 2.39. The Morgan fingerprint density at radius 1 is 1.39 bits per heavy atom. The molecule has 2 rings (SSSR count). The van der Waals surface area contributed by atoms with Gasteiger partial charge in [-0.15, -0.1) is 0 Å². The molecule has 1 aromatic carbocycles. The van der Waals surface area contributed by atoms with Crippen molar-refractivity contribution in [3.63, 3.8) is 0 Å². The molecule has 0 fully saturated rings. The lowest BCUT2D eigenvalue weighted by molar-refractivity contribution is -0.138. The number of para-hydroxylation sites is 1. The molecule has 0 aliphatic carbocycles. The Balaban J connectivity index is 2.43. The quantitative estimate of drug-likeness (QED) is 0.815. The minimum absolute atomic E-state index is 0.147. The average molecular weight is 248 g/mol. The molecule has 1 aromatic rings. The molecule has 0 spiro atoms. The zero-order valence-corrected chi connectivity index (χ0v) is 10.4. The molecule has 18 heavy (non-hydrogen) atoms. The van der Waals surface area contributed by atoms with E-state index in [2.05, 4.69) is 0 Å². The first-order chi connectivity index (χ1) is 8.32. The summed E-state index contributed by atoms with van der Waals surface area (Å²) >= 11 is 0. The summed E-state index contributed by atoms with van der Waals surface area (Å²) in [6.45, 7) is 3.38. The highest BCUT2D eigenvalue weighted by atomic mass is 16.4. The van der Waals surface area contributed by atoms with E-state index in [-0.39, 0.29) is 12.5 Å². The fraction of sp³-hybridized carbons (Fsp3) is 0.385. The number of rotatable bonds is 2. The van der Waals surface area contributed by atoms with E-state index in [1.165, 1.54) is 4.90 Å². The van der Waals surface area contributed by atoms with Gasteiger partial charge in [0, 0.05) is 12.2 Å². The number of aliphatic carboxylic acids is 1. The zero-order chi connectivity index (χ0) is 13.5. The van der Waals surface area contributed by atoms with Gasteiger partial charge in [0.1, 0.15) is 5.92 Å². The van der Waals surface area contributed by atoms with E-state index in [0.717, 1.165) is 0 Å². The Kier molecular flexibility index (Phi) is 2.86. The first-order valence-electron chi connectivity index (χ1n) is 5.75. The maximum Gasteiger partial charge on any atom is 0.312 e. The smallest absolute Gasteiger partial charge is 0.312 e. The van der Waals surface area contributed by atoms with Crippen LogP contribution in [0.4, 0.5) is 5.69 Å². The van der Waals surface area contributed by atoms with Gasteiger partial charge in [-0.25, -0.2) is 0 Å². The monoisotopic (exact) mass is 248 g/mol. The molecule has 1 heterocycles. The fourth-order valence-electron chi connectivity index (χ4n) is 2.16. The van der Waals surface area contributed by atoms with Crippen LogP contribution >= 0.6 is 0 Å². The van der Waals surface area contributed by atoms with Crippen molar-refractivity contribution in [2.24, 2.45) is 5.73 Å². The first-order valence-corrected chi connectivity index (χ1v) is 5.75. The van der Waals surface area contributed by atoms with Crippen LogP contribution in [-0.2, 0) is 9.59 Å². The molecule has 1 aliphatic heterocycles. The van der Waals surface area contributed by atoms with Crippen molar-refractivity contribution in [3.8, 4) is 0 Å². The summed E-state index contributed by atoms with van der Waals surface area (Å²) in [5.41, 5.74) is 6.10. The normalized spacial score (nSPS) is 18.6. The second-order valence-corrected chi connectivity index (χ2v) is 5.09. The predicted molar refractivity (Wildman–Crippen MR) is 67.4 cm³/mol. The molecule has 5 nitrogen and oxygen atoms in total. The van der Waals surface area contributed by atoms with Gasteiger partial charge in [0.2, 0.25) is 5.91 Å². The van der Waals surface area contributed by atoms with Crippen molar-refractivity contribution in [1.82, 2.24) is 0 Å². The standard InChI is InChI=1S/C13H16N2O3/c1-13(2,14)12(18)15-7-9(11(16)17)8-5-3-4-6-10(8)15/h3-6,9H,7,14H2,1-2H3,(H,16,17). The van der Waals surface area contributed by atoms with Crippen LogP contribution in [0.15, 0.2) is 24.3 Å². The highest BCUT2D eigenvalue weighted by molar-refractivity contribution is 6.03. The third-order valence-corrected chi connectivity index (χ3v) is 3.06. The third-order valence-electron chi connectivity index (χ3n) is 3.06. The summed E-state index contributed by atoms with van der Waals surface area (Å²) in [6.07, 6.45) is 0. The largest absolute Gasteiger partial charge is 0.481 e. The molecular formula is C13H16N2O3. The van der Waals surface area contributed by atoms with Gasteiger partial charge in [-0.3, -0.25) is 9.59 Å².